The third-order valence-electron chi connectivity index (χ3n) is 4.94. The fourth-order valence-electron chi connectivity index (χ4n) is 3.29. The molecule has 0 saturated carbocycles. The predicted molar refractivity (Wildman–Crippen MR) is 126 cm³/mol. The number of fused-ring (bicyclic) bond motifs is 1. The van der Waals surface area contributed by atoms with Gasteiger partial charge < -0.3 is 9.47 Å². The van der Waals surface area contributed by atoms with E-state index in [1.165, 1.54) is 11.3 Å². The highest BCUT2D eigenvalue weighted by Gasteiger charge is 2.24. The van der Waals surface area contributed by atoms with Crippen molar-refractivity contribution in [3.05, 3.63) is 82.4 Å². The molecule has 0 aliphatic carbocycles. The molecule has 1 heterocycles. The number of hydrogen-bond donors (Lipinski definition) is 0. The van der Waals surface area contributed by atoms with Crippen LogP contribution in [0.1, 0.15) is 21.5 Å². The van der Waals surface area contributed by atoms with Crippen molar-refractivity contribution in [1.82, 2.24) is 4.98 Å². The molecule has 3 aromatic carbocycles. The van der Waals surface area contributed by atoms with E-state index in [0.29, 0.717) is 33.8 Å². The highest BCUT2D eigenvalue weighted by atomic mass is 35.5. The van der Waals surface area contributed by atoms with Crippen LogP contribution >= 0.6 is 22.9 Å². The molecule has 4 aromatic rings. The van der Waals surface area contributed by atoms with E-state index in [2.05, 4.69) is 0 Å². The molecule has 0 unspecified atom stereocenters. The molecule has 5 nitrogen and oxygen atoms in total. The Hall–Kier alpha value is -3.09. The lowest BCUT2D eigenvalue weighted by atomic mass is 10.1. The summed E-state index contributed by atoms with van der Waals surface area (Å²) in [5.74, 6) is 0.894. The molecule has 0 saturated heterocycles. The number of benzene rings is 3. The Bertz CT molecular complexity index is 1180. The minimum Gasteiger partial charge on any atom is -0.497 e. The summed E-state index contributed by atoms with van der Waals surface area (Å²) in [6.07, 6.45) is 0. The Morgan fingerprint density at radius 1 is 1.03 bits per heavy atom. The first-order chi connectivity index (χ1) is 15.0. The van der Waals surface area contributed by atoms with Gasteiger partial charge in [0.2, 0.25) is 0 Å². The summed E-state index contributed by atoms with van der Waals surface area (Å²) in [6, 6.07) is 18.8. The maximum absolute atomic E-state index is 13.7. The molecular formula is C24H21ClN2O3S. The van der Waals surface area contributed by atoms with E-state index < -0.39 is 0 Å². The van der Waals surface area contributed by atoms with E-state index in [4.69, 9.17) is 26.1 Å². The molecule has 0 radical (unpaired) electrons. The maximum Gasteiger partial charge on any atom is 0.260 e. The summed E-state index contributed by atoms with van der Waals surface area (Å²) < 4.78 is 11.6. The predicted octanol–water partition coefficient (Wildman–Crippen LogP) is 6.12. The van der Waals surface area contributed by atoms with Crippen LogP contribution in [0, 0.1) is 6.92 Å². The highest BCUT2D eigenvalue weighted by molar-refractivity contribution is 7.23. The Labute approximate surface area is 189 Å². The van der Waals surface area contributed by atoms with Gasteiger partial charge >= 0.3 is 0 Å². The van der Waals surface area contributed by atoms with Crippen molar-refractivity contribution in [3.8, 4) is 11.5 Å². The monoisotopic (exact) mass is 452 g/mol. The van der Waals surface area contributed by atoms with E-state index >= 15 is 0 Å². The highest BCUT2D eigenvalue weighted by Crippen LogP contribution is 2.37. The van der Waals surface area contributed by atoms with Crippen molar-refractivity contribution < 1.29 is 14.3 Å². The molecule has 0 fully saturated rings. The number of halogens is 1. The van der Waals surface area contributed by atoms with Crippen LogP contribution in [0.2, 0.25) is 5.02 Å². The first-order valence-electron chi connectivity index (χ1n) is 9.64. The summed E-state index contributed by atoms with van der Waals surface area (Å²) in [7, 11) is 3.12. The lowest BCUT2D eigenvalue weighted by molar-refractivity contribution is 0.0984. The topological polar surface area (TPSA) is 51.7 Å². The van der Waals surface area contributed by atoms with Crippen molar-refractivity contribution in [1.29, 1.82) is 0 Å². The van der Waals surface area contributed by atoms with Crippen molar-refractivity contribution in [2.45, 2.75) is 13.5 Å². The molecule has 0 atom stereocenters. The van der Waals surface area contributed by atoms with Gasteiger partial charge in [0.1, 0.15) is 11.5 Å². The first-order valence-corrected chi connectivity index (χ1v) is 10.8. The number of aryl methyl sites for hydroxylation is 1. The number of anilines is 1. The van der Waals surface area contributed by atoms with Gasteiger partial charge in [0.05, 0.1) is 36.0 Å². The summed E-state index contributed by atoms with van der Waals surface area (Å²) in [5, 5.41) is 1.21. The second-order valence-electron chi connectivity index (χ2n) is 7.02. The third kappa shape index (κ3) is 4.36. The minimum atomic E-state index is -0.200. The van der Waals surface area contributed by atoms with Crippen molar-refractivity contribution in [3.63, 3.8) is 0 Å². The molecule has 1 amide bonds. The second-order valence-corrected chi connectivity index (χ2v) is 8.40. The van der Waals surface area contributed by atoms with Crippen molar-refractivity contribution >= 4 is 44.2 Å². The average Bonchev–Trinajstić information content (AvgIpc) is 3.26. The Kier molecular flexibility index (Phi) is 6.11. The lowest BCUT2D eigenvalue weighted by Gasteiger charge is -2.21. The first kappa shape index (κ1) is 21.2. The van der Waals surface area contributed by atoms with Gasteiger partial charge in [-0.3, -0.25) is 9.69 Å². The SMILES string of the molecule is COc1cc(OC)cc(C(=O)N(Cc2ccccc2)c2nc3c(C)ccc(Cl)c3s2)c1. The summed E-state index contributed by atoms with van der Waals surface area (Å²) in [6.45, 7) is 2.36. The van der Waals surface area contributed by atoms with Gasteiger partial charge in [-0.2, -0.15) is 0 Å². The molecule has 0 aliphatic heterocycles. The zero-order chi connectivity index (χ0) is 22.0. The van der Waals surface area contributed by atoms with Gasteiger partial charge in [-0.15, -0.1) is 0 Å². The number of rotatable bonds is 6. The number of aromatic nitrogens is 1. The smallest absolute Gasteiger partial charge is 0.260 e. The van der Waals surface area contributed by atoms with Crippen LogP contribution in [-0.4, -0.2) is 25.1 Å². The molecule has 0 aliphatic rings. The second kappa shape index (κ2) is 8.96. The van der Waals surface area contributed by atoms with Crippen molar-refractivity contribution in [2.24, 2.45) is 0 Å². The standard InChI is InChI=1S/C24H21ClN2O3S/c1-15-9-10-20(25)22-21(15)26-24(31-22)27(14-16-7-5-4-6-8-16)23(28)17-11-18(29-2)13-19(12-17)30-3/h4-13H,14H2,1-3H3. The van der Waals surface area contributed by atoms with Gasteiger partial charge in [0, 0.05) is 11.6 Å². The molecule has 0 bridgehead atoms. The van der Waals surface area contributed by atoms with Crippen LogP contribution in [0.15, 0.2) is 60.7 Å². The van der Waals surface area contributed by atoms with E-state index in [1.807, 2.05) is 49.4 Å². The number of hydrogen-bond acceptors (Lipinski definition) is 5. The minimum absolute atomic E-state index is 0.200. The number of methoxy groups -OCH3 is 2. The molecular weight excluding hydrogens is 432 g/mol. The van der Waals surface area contributed by atoms with Crippen LogP contribution in [0.4, 0.5) is 5.13 Å². The number of thiazole rings is 1. The van der Waals surface area contributed by atoms with Gasteiger partial charge in [0.25, 0.3) is 5.91 Å². The third-order valence-corrected chi connectivity index (χ3v) is 6.48. The van der Waals surface area contributed by atoms with Crippen LogP contribution in [0.3, 0.4) is 0 Å². The number of amides is 1. The van der Waals surface area contributed by atoms with Crippen molar-refractivity contribution in [2.75, 3.05) is 19.1 Å². The van der Waals surface area contributed by atoms with Crippen LogP contribution in [0.5, 0.6) is 11.5 Å². The zero-order valence-corrected chi connectivity index (χ0v) is 19.0. The normalized spacial score (nSPS) is 10.8. The van der Waals surface area contributed by atoms with Crippen LogP contribution in [0.25, 0.3) is 10.2 Å². The Morgan fingerprint density at radius 2 is 1.71 bits per heavy atom. The van der Waals surface area contributed by atoms with Crippen LogP contribution < -0.4 is 14.4 Å². The van der Waals surface area contributed by atoms with Gasteiger partial charge in [-0.1, -0.05) is 59.3 Å². The van der Waals surface area contributed by atoms with E-state index in [9.17, 15) is 4.79 Å². The Morgan fingerprint density at radius 3 is 2.32 bits per heavy atom. The Balaban J connectivity index is 1.83. The molecule has 0 N–H and O–H groups in total. The fraction of sp³-hybridized carbons (Fsp3) is 0.167. The van der Waals surface area contributed by atoms with Gasteiger partial charge in [0.15, 0.2) is 5.13 Å². The van der Waals surface area contributed by atoms with Gasteiger partial charge in [-0.25, -0.2) is 4.98 Å². The number of carbonyl (C=O) groups is 1. The molecule has 7 heteroatoms. The average molecular weight is 453 g/mol. The quantitative estimate of drug-likeness (QED) is 0.353. The number of carbonyl (C=O) groups excluding carboxylic acids is 1. The molecule has 31 heavy (non-hydrogen) atoms. The fourth-order valence-corrected chi connectivity index (χ4v) is 4.60. The number of ether oxygens (including phenoxy) is 2. The summed E-state index contributed by atoms with van der Waals surface area (Å²) >= 11 is 7.82. The van der Waals surface area contributed by atoms with Gasteiger partial charge in [-0.05, 0) is 36.2 Å². The summed E-state index contributed by atoms with van der Waals surface area (Å²) in [5.41, 5.74) is 3.26. The molecule has 0 spiro atoms. The van der Waals surface area contributed by atoms with Crippen LogP contribution in [-0.2, 0) is 6.54 Å². The molecule has 158 valence electrons. The molecule has 1 aromatic heterocycles. The lowest BCUT2D eigenvalue weighted by Crippen LogP contribution is -2.30. The largest absolute Gasteiger partial charge is 0.497 e. The van der Waals surface area contributed by atoms with E-state index in [0.717, 1.165) is 21.3 Å². The van der Waals surface area contributed by atoms with E-state index in [1.54, 1.807) is 37.3 Å². The van der Waals surface area contributed by atoms with E-state index in [-0.39, 0.29) is 5.91 Å². The zero-order valence-electron chi connectivity index (χ0n) is 17.4. The number of nitrogens with zero attached hydrogens (tertiary/aromatic N) is 2. The molecule has 4 rings (SSSR count). The summed E-state index contributed by atoms with van der Waals surface area (Å²) in [4.78, 5) is 20.1. The maximum atomic E-state index is 13.7.